The number of nitrogens with one attached hydrogen (secondary N) is 1. The van der Waals surface area contributed by atoms with Gasteiger partial charge in [0.05, 0.1) is 12.1 Å². The molecule has 0 bridgehead atoms. The van der Waals surface area contributed by atoms with E-state index >= 15 is 0 Å². The molecule has 4 heterocycles. The van der Waals surface area contributed by atoms with Crippen LogP contribution in [0.5, 0.6) is 0 Å². The van der Waals surface area contributed by atoms with Crippen LogP contribution in [0.15, 0.2) is 11.7 Å². The number of piperidine rings is 1. The zero-order valence-electron chi connectivity index (χ0n) is 14.6. The van der Waals surface area contributed by atoms with Crippen molar-refractivity contribution in [1.82, 2.24) is 30.0 Å². The van der Waals surface area contributed by atoms with E-state index in [2.05, 4.69) is 20.2 Å². The monoisotopic (exact) mass is 414 g/mol. The Bertz CT molecular complexity index is 868. The highest BCUT2D eigenvalue weighted by Gasteiger charge is 2.48. The topological polar surface area (TPSA) is 95.1 Å². The molecule has 2 aliphatic heterocycles. The van der Waals surface area contributed by atoms with E-state index in [1.165, 1.54) is 17.7 Å². The average Bonchev–Trinajstić information content (AvgIpc) is 3.38. The van der Waals surface area contributed by atoms with Crippen LogP contribution in [0.1, 0.15) is 12.1 Å². The second kappa shape index (κ2) is 7.15. The number of thiazole rings is 1. The fourth-order valence-corrected chi connectivity index (χ4v) is 4.58. The lowest BCUT2D eigenvalue weighted by atomic mass is 9.88. The molecule has 0 aromatic carbocycles. The van der Waals surface area contributed by atoms with Gasteiger partial charge in [0, 0.05) is 31.6 Å². The molecule has 2 aliphatic rings. The second-order valence-corrected chi connectivity index (χ2v) is 7.87. The second-order valence-electron chi connectivity index (χ2n) is 7.01. The predicted molar refractivity (Wildman–Crippen MR) is 92.0 cm³/mol. The molecule has 1 N–H and O–H groups in total. The molecule has 2 amide bonds. The van der Waals surface area contributed by atoms with Crippen LogP contribution in [0.3, 0.4) is 0 Å². The minimum Gasteiger partial charge on any atom is -0.342 e. The fraction of sp³-hybridized carbons (Fsp3) is 0.562. The number of H-pyrrole nitrogens is 1. The molecule has 0 spiro atoms. The Balaban J connectivity index is 1.35. The largest absolute Gasteiger partial charge is 0.471 e. The molecule has 0 radical (unpaired) electrons. The molecule has 2 unspecified atom stereocenters. The van der Waals surface area contributed by atoms with E-state index in [1.807, 2.05) is 0 Å². The third-order valence-electron chi connectivity index (χ3n) is 5.19. The van der Waals surface area contributed by atoms with Gasteiger partial charge in [0.15, 0.2) is 10.8 Å². The summed E-state index contributed by atoms with van der Waals surface area (Å²) in [4.78, 5) is 35.0. The highest BCUT2D eigenvalue weighted by atomic mass is 32.1. The van der Waals surface area contributed by atoms with E-state index in [9.17, 15) is 22.8 Å². The summed E-state index contributed by atoms with van der Waals surface area (Å²) in [5, 5.41) is 8.89. The molecule has 12 heteroatoms. The van der Waals surface area contributed by atoms with Gasteiger partial charge in [0.1, 0.15) is 6.33 Å². The number of rotatable bonds is 3. The van der Waals surface area contributed by atoms with Gasteiger partial charge in [-0.25, -0.2) is 9.97 Å². The van der Waals surface area contributed by atoms with Crippen molar-refractivity contribution < 1.29 is 22.8 Å². The van der Waals surface area contributed by atoms with Crippen LogP contribution in [-0.4, -0.2) is 74.1 Å². The summed E-state index contributed by atoms with van der Waals surface area (Å²) >= 11 is 1.35. The van der Waals surface area contributed by atoms with Gasteiger partial charge in [-0.15, -0.1) is 11.3 Å². The van der Waals surface area contributed by atoms with Crippen molar-refractivity contribution in [3.8, 4) is 10.8 Å². The van der Waals surface area contributed by atoms with Gasteiger partial charge in [-0.1, -0.05) is 0 Å². The number of likely N-dealkylation sites (tertiary alicyclic amines) is 2. The van der Waals surface area contributed by atoms with Crippen molar-refractivity contribution >= 4 is 23.2 Å². The van der Waals surface area contributed by atoms with Gasteiger partial charge in [-0.3, -0.25) is 14.7 Å². The molecule has 0 aliphatic carbocycles. The van der Waals surface area contributed by atoms with Crippen LogP contribution < -0.4 is 0 Å². The third kappa shape index (κ3) is 3.73. The van der Waals surface area contributed by atoms with Gasteiger partial charge in [-0.2, -0.15) is 18.3 Å². The number of hydrogen-bond donors (Lipinski definition) is 1. The standard InChI is InChI=1S/C16H17F3N6O2S/c17-16(18,19)15(27)25-4-9-1-2-24(5-10(9)6-25)12(26)3-11-7-28-14(22-11)13-20-8-21-23-13/h7-10H,1-6H2,(H,20,21,23). The fourth-order valence-electron chi connectivity index (χ4n) is 3.81. The zero-order valence-corrected chi connectivity index (χ0v) is 15.5. The van der Waals surface area contributed by atoms with Gasteiger partial charge < -0.3 is 9.80 Å². The van der Waals surface area contributed by atoms with Crippen LogP contribution in [0.2, 0.25) is 0 Å². The normalized spacial score (nSPS) is 22.4. The molecule has 4 rings (SSSR count). The quantitative estimate of drug-likeness (QED) is 0.818. The van der Waals surface area contributed by atoms with Crippen LogP contribution in [-0.2, 0) is 16.0 Å². The molecule has 150 valence electrons. The van der Waals surface area contributed by atoms with E-state index in [1.54, 1.807) is 10.3 Å². The van der Waals surface area contributed by atoms with Gasteiger partial charge >= 0.3 is 12.1 Å². The van der Waals surface area contributed by atoms with Crippen molar-refractivity contribution in [2.24, 2.45) is 11.8 Å². The maximum absolute atomic E-state index is 12.7. The molecular formula is C16H17F3N6O2S. The summed E-state index contributed by atoms with van der Waals surface area (Å²) in [5.74, 6) is -1.49. The van der Waals surface area contributed by atoms with Crippen LogP contribution in [0.25, 0.3) is 10.8 Å². The molecule has 2 atom stereocenters. The molecule has 0 saturated carbocycles. The minimum atomic E-state index is -4.85. The van der Waals surface area contributed by atoms with Gasteiger partial charge in [-0.05, 0) is 18.3 Å². The predicted octanol–water partition coefficient (Wildman–Crippen LogP) is 1.34. The van der Waals surface area contributed by atoms with E-state index in [-0.39, 0.29) is 37.3 Å². The summed E-state index contributed by atoms with van der Waals surface area (Å²) in [7, 11) is 0. The highest BCUT2D eigenvalue weighted by Crippen LogP contribution is 2.33. The molecule has 28 heavy (non-hydrogen) atoms. The Morgan fingerprint density at radius 1 is 1.21 bits per heavy atom. The molecule has 2 saturated heterocycles. The first kappa shape index (κ1) is 18.8. The van der Waals surface area contributed by atoms with E-state index < -0.39 is 12.1 Å². The Hall–Kier alpha value is -2.50. The third-order valence-corrected chi connectivity index (χ3v) is 6.08. The number of amides is 2. The van der Waals surface area contributed by atoms with Crippen molar-refractivity contribution in [1.29, 1.82) is 0 Å². The lowest BCUT2D eigenvalue weighted by Gasteiger charge is -2.34. The van der Waals surface area contributed by atoms with Crippen LogP contribution >= 0.6 is 11.3 Å². The Kier molecular flexibility index (Phi) is 4.81. The lowest BCUT2D eigenvalue weighted by Crippen LogP contribution is -2.44. The zero-order chi connectivity index (χ0) is 19.9. The van der Waals surface area contributed by atoms with Gasteiger partial charge in [0.25, 0.3) is 0 Å². The summed E-state index contributed by atoms with van der Waals surface area (Å²) < 4.78 is 38.0. The van der Waals surface area contributed by atoms with Crippen molar-refractivity contribution in [2.45, 2.75) is 19.0 Å². The lowest BCUT2D eigenvalue weighted by molar-refractivity contribution is -0.184. The number of fused-ring (bicyclic) bond motifs is 1. The molecule has 2 aromatic rings. The minimum absolute atomic E-state index is 0.00711. The smallest absolute Gasteiger partial charge is 0.342 e. The van der Waals surface area contributed by atoms with E-state index in [0.29, 0.717) is 36.0 Å². The van der Waals surface area contributed by atoms with E-state index in [0.717, 1.165) is 4.90 Å². The maximum atomic E-state index is 12.7. The molecular weight excluding hydrogens is 397 g/mol. The van der Waals surface area contributed by atoms with Gasteiger partial charge in [0.2, 0.25) is 5.91 Å². The number of halogens is 3. The van der Waals surface area contributed by atoms with Crippen molar-refractivity contribution in [3.63, 3.8) is 0 Å². The van der Waals surface area contributed by atoms with Crippen LogP contribution in [0, 0.1) is 11.8 Å². The average molecular weight is 414 g/mol. The Morgan fingerprint density at radius 2 is 1.96 bits per heavy atom. The number of aromatic amines is 1. The van der Waals surface area contributed by atoms with Crippen LogP contribution in [0.4, 0.5) is 13.2 Å². The van der Waals surface area contributed by atoms with Crippen molar-refractivity contribution in [2.75, 3.05) is 26.2 Å². The number of alkyl halides is 3. The number of aromatic nitrogens is 4. The Labute approximate surface area is 161 Å². The highest BCUT2D eigenvalue weighted by molar-refractivity contribution is 7.13. The summed E-state index contributed by atoms with van der Waals surface area (Å²) in [6.45, 7) is 0.994. The first-order valence-electron chi connectivity index (χ1n) is 8.75. The van der Waals surface area contributed by atoms with E-state index in [4.69, 9.17) is 0 Å². The maximum Gasteiger partial charge on any atom is 0.471 e. The summed E-state index contributed by atoms with van der Waals surface area (Å²) in [5.41, 5.74) is 0.615. The number of hydrogen-bond acceptors (Lipinski definition) is 6. The first-order chi connectivity index (χ1) is 13.3. The molecule has 2 aromatic heterocycles. The first-order valence-corrected chi connectivity index (χ1v) is 9.63. The SMILES string of the molecule is O=C(Cc1csc(-c2ncn[nH]2)n1)N1CCC2CN(C(=O)C(F)(F)F)CC2C1. The number of carbonyl (C=O) groups excluding carboxylic acids is 2. The molecule has 8 nitrogen and oxygen atoms in total. The summed E-state index contributed by atoms with van der Waals surface area (Å²) in [6, 6.07) is 0. The number of nitrogens with zero attached hydrogens (tertiary/aromatic N) is 5. The number of carbonyl (C=O) groups is 2. The Morgan fingerprint density at radius 3 is 2.68 bits per heavy atom. The molecule has 2 fully saturated rings. The summed E-state index contributed by atoms with van der Waals surface area (Å²) in [6.07, 6.45) is -2.76. The van der Waals surface area contributed by atoms with Crippen molar-refractivity contribution in [3.05, 3.63) is 17.4 Å².